The van der Waals surface area contributed by atoms with E-state index in [1.807, 2.05) is 6.07 Å². The van der Waals surface area contributed by atoms with Crippen molar-refractivity contribution < 1.29 is 13.5 Å². The first-order valence-corrected chi connectivity index (χ1v) is 9.42. The molecule has 1 heterocycles. The number of nitrogens with one attached hydrogen (secondary N) is 2. The van der Waals surface area contributed by atoms with E-state index in [0.717, 1.165) is 41.9 Å². The molecule has 0 amide bonds. The van der Waals surface area contributed by atoms with E-state index in [2.05, 4.69) is 43.1 Å². The minimum absolute atomic E-state index is 0.155. The van der Waals surface area contributed by atoms with Crippen molar-refractivity contribution in [3.8, 4) is 5.75 Å². The van der Waals surface area contributed by atoms with E-state index in [9.17, 15) is 8.78 Å². The van der Waals surface area contributed by atoms with Gasteiger partial charge in [0.1, 0.15) is 5.75 Å². The zero-order valence-electron chi connectivity index (χ0n) is 14.3. The van der Waals surface area contributed by atoms with Crippen molar-refractivity contribution in [2.75, 3.05) is 5.32 Å². The van der Waals surface area contributed by atoms with Crippen LogP contribution in [0.1, 0.15) is 37.1 Å². The van der Waals surface area contributed by atoms with Gasteiger partial charge in [0.2, 0.25) is 0 Å². The number of halogens is 3. The van der Waals surface area contributed by atoms with E-state index < -0.39 is 6.11 Å². The number of aromatic amines is 1. The van der Waals surface area contributed by atoms with Crippen LogP contribution >= 0.6 is 15.9 Å². The van der Waals surface area contributed by atoms with Crippen LogP contribution in [0.4, 0.5) is 14.5 Å². The smallest absolute Gasteiger partial charge is 0.394 e. The lowest BCUT2D eigenvalue weighted by Crippen LogP contribution is -2.19. The molecule has 2 aromatic carbocycles. The zero-order valence-corrected chi connectivity index (χ0v) is 15.9. The largest absolute Gasteiger partial charge is 0.433 e. The minimum atomic E-state index is -3.17. The van der Waals surface area contributed by atoms with Crippen molar-refractivity contribution in [2.24, 2.45) is 0 Å². The maximum atomic E-state index is 12.9. The summed E-state index contributed by atoms with van der Waals surface area (Å²) in [5, 5.41) is 4.78. The lowest BCUT2D eigenvalue weighted by Gasteiger charge is -2.25. The summed E-state index contributed by atoms with van der Waals surface area (Å²) in [4.78, 5) is 3.55. The monoisotopic (exact) mass is 420 g/mol. The fourth-order valence-corrected chi connectivity index (χ4v) is 3.97. The summed E-state index contributed by atoms with van der Waals surface area (Å²) in [6.45, 7) is 0.733. The third-order valence-electron chi connectivity index (χ3n) is 4.66. The van der Waals surface area contributed by atoms with Crippen LogP contribution in [0.25, 0.3) is 10.9 Å². The van der Waals surface area contributed by atoms with E-state index in [-0.39, 0.29) is 11.8 Å². The average Bonchev–Trinajstić information content (AvgIpc) is 2.94. The zero-order chi connectivity index (χ0) is 18.3. The number of hydrogen-bond donors (Lipinski definition) is 2. The molecular weight excluding hydrogens is 402 g/mol. The average molecular weight is 421 g/mol. The minimum Gasteiger partial charge on any atom is -0.433 e. The van der Waals surface area contributed by atoms with Crippen molar-refractivity contribution in [2.45, 2.75) is 38.3 Å². The Morgan fingerprint density at radius 1 is 1.19 bits per heavy atom. The summed E-state index contributed by atoms with van der Waals surface area (Å²) in [6.07, 6.45) is 0.00777. The maximum Gasteiger partial charge on any atom is 0.394 e. The van der Waals surface area contributed by atoms with Gasteiger partial charge in [-0.3, -0.25) is 0 Å². The van der Waals surface area contributed by atoms with E-state index in [1.165, 1.54) is 16.6 Å². The SMILES string of the molecule is CC(F)(F)Oc1ccc(NC2CCCc3c2[nH]c2ccc(Br)cc32)cc1. The van der Waals surface area contributed by atoms with Gasteiger partial charge in [-0.1, -0.05) is 15.9 Å². The van der Waals surface area contributed by atoms with Gasteiger partial charge in [0.05, 0.1) is 6.04 Å². The van der Waals surface area contributed by atoms with Crippen LogP contribution in [0.2, 0.25) is 0 Å². The van der Waals surface area contributed by atoms with Crippen LogP contribution in [0.15, 0.2) is 46.9 Å². The summed E-state index contributed by atoms with van der Waals surface area (Å²) in [7, 11) is 0. The number of ether oxygens (including phenoxy) is 1. The van der Waals surface area contributed by atoms with Crippen LogP contribution in [0.5, 0.6) is 5.75 Å². The summed E-state index contributed by atoms with van der Waals surface area (Å²) in [5.74, 6) is 0.155. The number of anilines is 1. The fourth-order valence-electron chi connectivity index (χ4n) is 3.61. The Morgan fingerprint density at radius 2 is 1.96 bits per heavy atom. The molecule has 6 heteroatoms. The highest BCUT2D eigenvalue weighted by Crippen LogP contribution is 2.37. The second-order valence-corrected chi connectivity index (χ2v) is 7.65. The lowest BCUT2D eigenvalue weighted by atomic mass is 9.91. The second-order valence-electron chi connectivity index (χ2n) is 6.73. The molecule has 3 nitrogen and oxygen atoms in total. The number of aromatic nitrogens is 1. The van der Waals surface area contributed by atoms with Gasteiger partial charge in [0.25, 0.3) is 0 Å². The fraction of sp³-hybridized carbons (Fsp3) is 0.300. The molecule has 0 saturated carbocycles. The molecule has 1 aliphatic rings. The lowest BCUT2D eigenvalue weighted by molar-refractivity contribution is -0.158. The number of rotatable bonds is 4. The maximum absolute atomic E-state index is 12.9. The van der Waals surface area contributed by atoms with E-state index >= 15 is 0 Å². The predicted molar refractivity (Wildman–Crippen MR) is 103 cm³/mol. The molecule has 136 valence electrons. The number of hydrogen-bond acceptors (Lipinski definition) is 2. The van der Waals surface area contributed by atoms with Gasteiger partial charge in [-0.2, -0.15) is 8.78 Å². The normalized spacial score (nSPS) is 17.2. The highest BCUT2D eigenvalue weighted by Gasteiger charge is 2.25. The van der Waals surface area contributed by atoms with Gasteiger partial charge in [-0.25, -0.2) is 0 Å². The quantitative estimate of drug-likeness (QED) is 0.511. The Balaban J connectivity index is 1.58. The van der Waals surface area contributed by atoms with Crippen molar-refractivity contribution >= 4 is 32.5 Å². The molecular formula is C20H19BrF2N2O. The highest BCUT2D eigenvalue weighted by atomic mass is 79.9. The summed E-state index contributed by atoms with van der Waals surface area (Å²) in [5.41, 5.74) is 4.59. The summed E-state index contributed by atoms with van der Waals surface area (Å²) in [6, 6.07) is 13.1. The molecule has 1 atom stereocenters. The third kappa shape index (κ3) is 3.56. The molecule has 1 aromatic heterocycles. The van der Waals surface area contributed by atoms with E-state index in [1.54, 1.807) is 24.3 Å². The van der Waals surface area contributed by atoms with Crippen LogP contribution in [0.3, 0.4) is 0 Å². The van der Waals surface area contributed by atoms with Crippen LogP contribution in [-0.4, -0.2) is 11.1 Å². The summed E-state index contributed by atoms with van der Waals surface area (Å²) >= 11 is 3.55. The van der Waals surface area contributed by atoms with Gasteiger partial charge >= 0.3 is 6.11 Å². The number of fused-ring (bicyclic) bond motifs is 3. The Morgan fingerprint density at radius 3 is 2.69 bits per heavy atom. The van der Waals surface area contributed by atoms with Gasteiger partial charge in [0, 0.05) is 33.7 Å². The highest BCUT2D eigenvalue weighted by molar-refractivity contribution is 9.10. The molecule has 4 rings (SSSR count). The topological polar surface area (TPSA) is 37.0 Å². The van der Waals surface area contributed by atoms with Gasteiger partial charge in [-0.15, -0.1) is 0 Å². The number of alkyl halides is 2. The first kappa shape index (κ1) is 17.3. The third-order valence-corrected chi connectivity index (χ3v) is 5.15. The molecule has 26 heavy (non-hydrogen) atoms. The Bertz CT molecular complexity index is 931. The first-order chi connectivity index (χ1) is 12.4. The molecule has 1 unspecified atom stereocenters. The van der Waals surface area contributed by atoms with Gasteiger partial charge in [-0.05, 0) is 67.3 Å². The number of aryl methyl sites for hydroxylation is 1. The molecule has 3 aromatic rings. The van der Waals surface area contributed by atoms with E-state index in [0.29, 0.717) is 0 Å². The second kappa shape index (κ2) is 6.58. The van der Waals surface area contributed by atoms with Gasteiger partial charge < -0.3 is 15.0 Å². The Hall–Kier alpha value is -2.08. The number of benzene rings is 2. The molecule has 0 saturated heterocycles. The molecule has 0 aliphatic heterocycles. The number of H-pyrrole nitrogens is 1. The summed E-state index contributed by atoms with van der Waals surface area (Å²) < 4.78 is 31.5. The van der Waals surface area contributed by atoms with Crippen LogP contribution in [0, 0.1) is 0 Å². The molecule has 0 radical (unpaired) electrons. The van der Waals surface area contributed by atoms with E-state index in [4.69, 9.17) is 0 Å². The molecule has 0 bridgehead atoms. The van der Waals surface area contributed by atoms with Crippen LogP contribution < -0.4 is 10.1 Å². The van der Waals surface area contributed by atoms with Crippen molar-refractivity contribution in [3.05, 3.63) is 58.2 Å². The predicted octanol–water partition coefficient (Wildman–Crippen LogP) is 6.41. The molecule has 0 fully saturated rings. The molecule has 2 N–H and O–H groups in total. The Labute approximate surface area is 158 Å². The first-order valence-electron chi connectivity index (χ1n) is 8.62. The van der Waals surface area contributed by atoms with Crippen molar-refractivity contribution in [1.82, 2.24) is 4.98 Å². The molecule has 1 aliphatic carbocycles. The standard InChI is InChI=1S/C20H19BrF2N2O/c1-20(22,23)26-14-8-6-13(7-9-14)24-18-4-2-3-15-16-11-12(21)5-10-17(16)25-19(15)18/h5-11,18,24-25H,2-4H2,1H3. The molecule has 0 spiro atoms. The van der Waals surface area contributed by atoms with Crippen LogP contribution in [-0.2, 0) is 6.42 Å². The Kier molecular flexibility index (Phi) is 4.39. The van der Waals surface area contributed by atoms with Crippen molar-refractivity contribution in [1.29, 1.82) is 0 Å². The van der Waals surface area contributed by atoms with Gasteiger partial charge in [0.15, 0.2) is 0 Å². The van der Waals surface area contributed by atoms with Crippen molar-refractivity contribution in [3.63, 3.8) is 0 Å².